The first-order valence-corrected chi connectivity index (χ1v) is 12.9. The number of rotatable bonds is 6. The Hall–Kier alpha value is -3.84. The van der Waals surface area contributed by atoms with Gasteiger partial charge in [0.25, 0.3) is 0 Å². The normalized spacial score (nSPS) is 17.1. The van der Waals surface area contributed by atoms with E-state index in [0.29, 0.717) is 5.11 Å². The van der Waals surface area contributed by atoms with Crippen LogP contribution in [0.15, 0.2) is 79.0 Å². The monoisotopic (exact) mass is 510 g/mol. The highest BCUT2D eigenvalue weighted by molar-refractivity contribution is 7.80. The van der Waals surface area contributed by atoms with E-state index in [2.05, 4.69) is 127 Å². The van der Waals surface area contributed by atoms with Crippen molar-refractivity contribution in [1.29, 1.82) is 0 Å². The molecule has 5 rings (SSSR count). The molecule has 1 saturated heterocycles. The minimum Gasteiger partial charge on any atom is -0.378 e. The second kappa shape index (κ2) is 9.90. The van der Waals surface area contributed by atoms with Gasteiger partial charge in [-0.15, -0.1) is 0 Å². The Bertz CT molecular complexity index is 1390. The fourth-order valence-electron chi connectivity index (χ4n) is 5.24. The average molecular weight is 511 g/mol. The molecular formula is C30H34N6S. The minimum absolute atomic E-state index is 0.0476. The summed E-state index contributed by atoms with van der Waals surface area (Å²) >= 11 is 5.94. The summed E-state index contributed by atoms with van der Waals surface area (Å²) in [4.78, 5) is 11.2. The van der Waals surface area contributed by atoms with Gasteiger partial charge >= 0.3 is 0 Å². The molecule has 1 fully saturated rings. The van der Waals surface area contributed by atoms with Crippen LogP contribution in [0.1, 0.15) is 34.7 Å². The molecular weight excluding hydrogens is 476 g/mol. The molecule has 0 amide bonds. The van der Waals surface area contributed by atoms with Crippen molar-refractivity contribution in [2.24, 2.45) is 0 Å². The quantitative estimate of drug-likeness (QED) is 0.331. The molecule has 2 aromatic carbocycles. The lowest BCUT2D eigenvalue weighted by Gasteiger charge is -2.28. The van der Waals surface area contributed by atoms with Crippen LogP contribution in [0.4, 0.5) is 17.1 Å². The lowest BCUT2D eigenvalue weighted by molar-refractivity contribution is 0.565. The highest BCUT2D eigenvalue weighted by atomic mass is 32.1. The third kappa shape index (κ3) is 4.55. The van der Waals surface area contributed by atoms with Crippen LogP contribution in [-0.4, -0.2) is 42.9 Å². The summed E-state index contributed by atoms with van der Waals surface area (Å²) in [6.45, 7) is 4.37. The van der Waals surface area contributed by atoms with E-state index < -0.39 is 0 Å². The lowest BCUT2D eigenvalue weighted by Crippen LogP contribution is -2.29. The number of anilines is 3. The molecule has 0 unspecified atom stereocenters. The van der Waals surface area contributed by atoms with Crippen molar-refractivity contribution in [2.45, 2.75) is 25.9 Å². The molecule has 0 aliphatic carbocycles. The van der Waals surface area contributed by atoms with Gasteiger partial charge in [0.05, 0.1) is 17.8 Å². The van der Waals surface area contributed by atoms with Gasteiger partial charge in [-0.05, 0) is 98.4 Å². The summed E-state index contributed by atoms with van der Waals surface area (Å²) < 4.78 is 2.33. The average Bonchev–Trinajstić information content (AvgIpc) is 3.39. The van der Waals surface area contributed by atoms with Crippen molar-refractivity contribution < 1.29 is 0 Å². The number of nitrogens with one attached hydrogen (secondary N) is 1. The molecule has 37 heavy (non-hydrogen) atoms. The number of nitrogens with zero attached hydrogens (tertiary/aromatic N) is 5. The Balaban J connectivity index is 1.62. The van der Waals surface area contributed by atoms with E-state index in [1.54, 1.807) is 0 Å². The molecule has 0 bridgehead atoms. The fourth-order valence-corrected chi connectivity index (χ4v) is 5.59. The third-order valence-electron chi connectivity index (χ3n) is 7.16. The third-order valence-corrected chi connectivity index (χ3v) is 7.47. The number of benzene rings is 2. The van der Waals surface area contributed by atoms with Gasteiger partial charge in [0, 0.05) is 68.5 Å². The van der Waals surface area contributed by atoms with Crippen LogP contribution in [0.5, 0.6) is 0 Å². The van der Waals surface area contributed by atoms with Gasteiger partial charge in [-0.3, -0.25) is 4.98 Å². The summed E-state index contributed by atoms with van der Waals surface area (Å²) in [6, 6.07) is 25.5. The van der Waals surface area contributed by atoms with Gasteiger partial charge in [0.15, 0.2) is 5.11 Å². The minimum atomic E-state index is -0.0766. The predicted octanol–water partition coefficient (Wildman–Crippen LogP) is 5.80. The Labute approximate surface area is 225 Å². The van der Waals surface area contributed by atoms with Crippen molar-refractivity contribution in [3.8, 4) is 5.69 Å². The summed E-state index contributed by atoms with van der Waals surface area (Å²) in [7, 11) is 8.23. The number of aryl methyl sites for hydroxylation is 1. The number of hydrogen-bond acceptors (Lipinski definition) is 4. The summed E-state index contributed by atoms with van der Waals surface area (Å²) in [5, 5.41) is 4.30. The maximum atomic E-state index is 5.94. The predicted molar refractivity (Wildman–Crippen MR) is 158 cm³/mol. The smallest absolute Gasteiger partial charge is 0.174 e. The highest BCUT2D eigenvalue weighted by Crippen LogP contribution is 2.44. The molecule has 7 heteroatoms. The summed E-state index contributed by atoms with van der Waals surface area (Å²) in [6.07, 6.45) is 1.85. The first-order chi connectivity index (χ1) is 17.8. The summed E-state index contributed by atoms with van der Waals surface area (Å²) in [5.41, 5.74) is 9.13. The topological polar surface area (TPSA) is 39.6 Å². The molecule has 0 spiro atoms. The Morgan fingerprint density at radius 1 is 0.811 bits per heavy atom. The SMILES string of the molecule is Cc1cc([C@@H]2[C@@H](c3ccccn3)NC(=S)N2c2ccc(N(C)C)cc2)c(C)n1-c1ccc(N(C)C)cc1. The molecule has 2 atom stereocenters. The molecule has 190 valence electrons. The number of hydrogen-bond donors (Lipinski definition) is 1. The van der Waals surface area contributed by atoms with E-state index in [4.69, 9.17) is 17.2 Å². The molecule has 4 aromatic rings. The molecule has 1 aliphatic heterocycles. The molecule has 0 radical (unpaired) electrons. The molecule has 0 saturated carbocycles. The van der Waals surface area contributed by atoms with Crippen molar-refractivity contribution in [1.82, 2.24) is 14.9 Å². The second-order valence-electron chi connectivity index (χ2n) is 9.98. The zero-order valence-electron chi connectivity index (χ0n) is 22.3. The Morgan fingerprint density at radius 2 is 1.41 bits per heavy atom. The van der Waals surface area contributed by atoms with Crippen LogP contribution < -0.4 is 20.0 Å². The van der Waals surface area contributed by atoms with Crippen LogP contribution >= 0.6 is 12.2 Å². The zero-order valence-corrected chi connectivity index (χ0v) is 23.1. The van der Waals surface area contributed by atoms with Crippen molar-refractivity contribution >= 4 is 34.4 Å². The maximum absolute atomic E-state index is 5.94. The molecule has 1 aliphatic rings. The fraction of sp³-hybridized carbons (Fsp3) is 0.267. The van der Waals surface area contributed by atoms with Gasteiger partial charge in [-0.1, -0.05) is 6.07 Å². The van der Waals surface area contributed by atoms with E-state index in [0.717, 1.165) is 22.8 Å². The Morgan fingerprint density at radius 3 is 1.95 bits per heavy atom. The maximum Gasteiger partial charge on any atom is 0.174 e. The van der Waals surface area contributed by atoms with E-state index in [-0.39, 0.29) is 12.1 Å². The molecule has 3 heterocycles. The van der Waals surface area contributed by atoms with Crippen LogP contribution in [0.2, 0.25) is 0 Å². The number of thiocarbonyl (C=S) groups is 1. The lowest BCUT2D eigenvalue weighted by atomic mass is 9.96. The summed E-state index contributed by atoms with van der Waals surface area (Å²) in [5.74, 6) is 0. The van der Waals surface area contributed by atoms with Crippen LogP contribution in [0, 0.1) is 13.8 Å². The largest absolute Gasteiger partial charge is 0.378 e. The van der Waals surface area contributed by atoms with E-state index in [1.165, 1.54) is 22.6 Å². The van der Waals surface area contributed by atoms with E-state index in [1.807, 2.05) is 18.3 Å². The molecule has 1 N–H and O–H groups in total. The second-order valence-corrected chi connectivity index (χ2v) is 10.4. The highest BCUT2D eigenvalue weighted by Gasteiger charge is 2.42. The van der Waals surface area contributed by atoms with Crippen molar-refractivity contribution in [2.75, 3.05) is 42.9 Å². The first kappa shape index (κ1) is 24.8. The van der Waals surface area contributed by atoms with Gasteiger partial charge in [0.1, 0.15) is 0 Å². The first-order valence-electron chi connectivity index (χ1n) is 12.5. The standard InChI is InChI=1S/C30H34N6S/c1-20-19-26(21(2)35(20)24-14-10-22(11-15-24)33(3)4)29-28(27-9-7-8-18-31-27)32-30(37)36(29)25-16-12-23(13-17-25)34(5)6/h7-19,28-29H,1-6H3,(H,32,37)/t28-,29-/m1/s1. The van der Waals surface area contributed by atoms with E-state index in [9.17, 15) is 0 Å². The van der Waals surface area contributed by atoms with Crippen LogP contribution in [0.3, 0.4) is 0 Å². The van der Waals surface area contributed by atoms with Crippen LogP contribution in [0.25, 0.3) is 5.69 Å². The zero-order chi connectivity index (χ0) is 26.3. The van der Waals surface area contributed by atoms with E-state index >= 15 is 0 Å². The Kier molecular flexibility index (Phi) is 6.65. The van der Waals surface area contributed by atoms with Gasteiger partial charge < -0.3 is 24.6 Å². The van der Waals surface area contributed by atoms with Crippen molar-refractivity contribution in [3.05, 3.63) is 102 Å². The number of aromatic nitrogens is 2. The molecule has 2 aromatic heterocycles. The van der Waals surface area contributed by atoms with Gasteiger partial charge in [0.2, 0.25) is 0 Å². The van der Waals surface area contributed by atoms with Gasteiger partial charge in [-0.2, -0.15) is 0 Å². The van der Waals surface area contributed by atoms with Crippen molar-refractivity contribution in [3.63, 3.8) is 0 Å². The molecule has 6 nitrogen and oxygen atoms in total. The van der Waals surface area contributed by atoms with Crippen LogP contribution in [-0.2, 0) is 0 Å². The van der Waals surface area contributed by atoms with Gasteiger partial charge in [-0.25, -0.2) is 0 Å². The number of pyridine rings is 1.